The van der Waals surface area contributed by atoms with Gasteiger partial charge >= 0.3 is 6.18 Å². The maximum atomic E-state index is 14.1. The summed E-state index contributed by atoms with van der Waals surface area (Å²) in [7, 11) is 1.58. The van der Waals surface area contributed by atoms with E-state index in [-0.39, 0.29) is 13.1 Å². The zero-order valence-electron chi connectivity index (χ0n) is 17.5. The van der Waals surface area contributed by atoms with Crippen LogP contribution < -0.4 is 4.74 Å². The molecule has 0 fully saturated rings. The third kappa shape index (κ3) is 6.92. The summed E-state index contributed by atoms with van der Waals surface area (Å²) in [5, 5.41) is 0. The van der Waals surface area contributed by atoms with Gasteiger partial charge in [-0.2, -0.15) is 13.2 Å². The van der Waals surface area contributed by atoms with Crippen LogP contribution in [0.5, 0.6) is 5.75 Å². The van der Waals surface area contributed by atoms with E-state index in [2.05, 4.69) is 0 Å². The highest BCUT2D eigenvalue weighted by Gasteiger charge is 2.37. The number of methoxy groups -OCH3 is 1. The minimum atomic E-state index is -4.44. The fourth-order valence-electron chi connectivity index (χ4n) is 3.43. The first-order chi connectivity index (χ1) is 15.0. The van der Waals surface area contributed by atoms with Crippen LogP contribution in [0, 0.1) is 0 Å². The van der Waals surface area contributed by atoms with Crippen molar-refractivity contribution in [2.75, 3.05) is 7.11 Å². The van der Waals surface area contributed by atoms with Crippen molar-refractivity contribution in [3.8, 4) is 5.75 Å². The van der Waals surface area contributed by atoms with Gasteiger partial charge in [-0.3, -0.25) is 0 Å². The minimum Gasteiger partial charge on any atom is -0.497 e. The van der Waals surface area contributed by atoms with E-state index in [1.165, 1.54) is 11.0 Å². The molecular formula is C26H26F3NO. The van der Waals surface area contributed by atoms with Crippen LogP contribution in [-0.2, 0) is 19.5 Å². The number of ether oxygens (including phenoxy) is 1. The molecular weight excluding hydrogens is 399 g/mol. The number of hydrogen-bond donors (Lipinski definition) is 0. The second-order valence-electron chi connectivity index (χ2n) is 7.30. The van der Waals surface area contributed by atoms with Crippen molar-refractivity contribution in [1.29, 1.82) is 0 Å². The number of aryl methyl sites for hydroxylation is 1. The Morgan fingerprint density at radius 2 is 1.29 bits per heavy atom. The lowest BCUT2D eigenvalue weighted by atomic mass is 10.1. The van der Waals surface area contributed by atoms with Crippen molar-refractivity contribution >= 4 is 0 Å². The van der Waals surface area contributed by atoms with Crippen LogP contribution >= 0.6 is 0 Å². The van der Waals surface area contributed by atoms with Crippen LogP contribution in [0.15, 0.2) is 96.7 Å². The van der Waals surface area contributed by atoms with Gasteiger partial charge in [0, 0.05) is 13.1 Å². The van der Waals surface area contributed by atoms with E-state index in [4.69, 9.17) is 4.74 Å². The first-order valence-electron chi connectivity index (χ1n) is 10.2. The summed E-state index contributed by atoms with van der Waals surface area (Å²) < 4.78 is 47.4. The van der Waals surface area contributed by atoms with Gasteiger partial charge in [0.15, 0.2) is 0 Å². The molecule has 31 heavy (non-hydrogen) atoms. The molecule has 0 N–H and O–H groups in total. The molecule has 0 saturated heterocycles. The Labute approximate surface area is 181 Å². The van der Waals surface area contributed by atoms with Gasteiger partial charge in [0.25, 0.3) is 0 Å². The molecule has 0 heterocycles. The van der Waals surface area contributed by atoms with Gasteiger partial charge in [0.05, 0.1) is 7.11 Å². The topological polar surface area (TPSA) is 12.5 Å². The molecule has 0 radical (unpaired) electrons. The summed E-state index contributed by atoms with van der Waals surface area (Å²) in [4.78, 5) is 1.42. The predicted molar refractivity (Wildman–Crippen MR) is 118 cm³/mol. The number of rotatable bonds is 9. The maximum absolute atomic E-state index is 14.1. The van der Waals surface area contributed by atoms with E-state index in [1.54, 1.807) is 7.11 Å². The number of allylic oxidation sites excluding steroid dienone is 2. The first kappa shape index (κ1) is 22.5. The molecule has 0 aliphatic carbocycles. The van der Waals surface area contributed by atoms with Crippen LogP contribution in [0.1, 0.15) is 23.1 Å². The number of alkyl halides is 3. The summed E-state index contributed by atoms with van der Waals surface area (Å²) >= 11 is 0. The van der Waals surface area contributed by atoms with Crippen molar-refractivity contribution in [1.82, 2.24) is 4.90 Å². The van der Waals surface area contributed by atoms with Gasteiger partial charge in [-0.25, -0.2) is 0 Å². The molecule has 0 aromatic heterocycles. The molecule has 3 aromatic rings. The van der Waals surface area contributed by atoms with Crippen LogP contribution in [-0.4, -0.2) is 18.2 Å². The smallest absolute Gasteiger partial charge is 0.430 e. The second-order valence-corrected chi connectivity index (χ2v) is 7.30. The van der Waals surface area contributed by atoms with E-state index < -0.39 is 11.9 Å². The molecule has 0 atom stereocenters. The second kappa shape index (κ2) is 10.7. The lowest BCUT2D eigenvalue weighted by Crippen LogP contribution is -2.31. The quantitative estimate of drug-likeness (QED) is 0.375. The van der Waals surface area contributed by atoms with Crippen LogP contribution in [0.25, 0.3) is 0 Å². The van der Waals surface area contributed by atoms with E-state index in [9.17, 15) is 13.2 Å². The van der Waals surface area contributed by atoms with Crippen LogP contribution in [0.3, 0.4) is 0 Å². The van der Waals surface area contributed by atoms with Gasteiger partial charge < -0.3 is 9.64 Å². The number of halogens is 3. The lowest BCUT2D eigenvalue weighted by molar-refractivity contribution is -0.113. The summed E-state index contributed by atoms with van der Waals surface area (Å²) in [5.74, 6) is 0.729. The SMILES string of the molecule is COc1ccc(CC/C=C(/N(Cc2ccccc2)Cc2ccccc2)C(F)(F)F)cc1. The highest BCUT2D eigenvalue weighted by atomic mass is 19.4. The molecule has 0 spiro atoms. The highest BCUT2D eigenvalue weighted by Crippen LogP contribution is 2.31. The van der Waals surface area contributed by atoms with E-state index in [1.807, 2.05) is 84.9 Å². The normalized spacial score (nSPS) is 11.9. The lowest BCUT2D eigenvalue weighted by Gasteiger charge is -2.29. The molecule has 0 aliphatic heterocycles. The van der Waals surface area contributed by atoms with Crippen molar-refractivity contribution < 1.29 is 17.9 Å². The molecule has 5 heteroatoms. The standard InChI is InChI=1S/C26H26F3NO/c1-31-24-17-15-21(16-18-24)13-8-14-25(26(27,28)29)30(19-22-9-4-2-5-10-22)20-23-11-6-3-7-12-23/h2-7,9-12,14-18H,8,13,19-20H2,1H3/b25-14+. The van der Waals surface area contributed by atoms with Gasteiger partial charge in [-0.1, -0.05) is 78.9 Å². The highest BCUT2D eigenvalue weighted by molar-refractivity contribution is 5.28. The van der Waals surface area contributed by atoms with E-state index in [0.29, 0.717) is 12.8 Å². The average Bonchev–Trinajstić information content (AvgIpc) is 2.77. The summed E-state index contributed by atoms with van der Waals surface area (Å²) in [5.41, 5.74) is 2.04. The molecule has 3 rings (SSSR count). The Bertz CT molecular complexity index is 910. The average molecular weight is 425 g/mol. The van der Waals surface area contributed by atoms with Crippen molar-refractivity contribution in [3.05, 3.63) is 113 Å². The third-order valence-electron chi connectivity index (χ3n) is 4.99. The minimum absolute atomic E-state index is 0.184. The Morgan fingerprint density at radius 3 is 1.74 bits per heavy atom. The van der Waals surface area contributed by atoms with Crippen molar-refractivity contribution in [2.45, 2.75) is 32.1 Å². The number of nitrogens with zero attached hydrogens (tertiary/aromatic N) is 1. The monoisotopic (exact) mass is 425 g/mol. The molecule has 2 nitrogen and oxygen atoms in total. The van der Waals surface area contributed by atoms with Crippen molar-refractivity contribution in [2.24, 2.45) is 0 Å². The molecule has 3 aromatic carbocycles. The van der Waals surface area contributed by atoms with E-state index in [0.717, 1.165) is 22.4 Å². The number of benzene rings is 3. The van der Waals surface area contributed by atoms with Gasteiger partial charge in [-0.15, -0.1) is 0 Å². The zero-order valence-corrected chi connectivity index (χ0v) is 17.5. The Morgan fingerprint density at radius 1 is 0.774 bits per heavy atom. The zero-order chi connectivity index (χ0) is 22.1. The molecule has 0 unspecified atom stereocenters. The molecule has 162 valence electrons. The third-order valence-corrected chi connectivity index (χ3v) is 4.99. The van der Waals surface area contributed by atoms with Gasteiger partial charge in [0.1, 0.15) is 11.4 Å². The van der Waals surface area contributed by atoms with Crippen LogP contribution in [0.4, 0.5) is 13.2 Å². The van der Waals surface area contributed by atoms with Crippen LogP contribution in [0.2, 0.25) is 0 Å². The first-order valence-corrected chi connectivity index (χ1v) is 10.2. The van der Waals surface area contributed by atoms with Gasteiger partial charge in [-0.05, 0) is 41.7 Å². The summed E-state index contributed by atoms with van der Waals surface area (Å²) in [6.45, 7) is 0.368. The maximum Gasteiger partial charge on any atom is 0.430 e. The fourth-order valence-corrected chi connectivity index (χ4v) is 3.43. The Kier molecular flexibility index (Phi) is 7.76. The van der Waals surface area contributed by atoms with Crippen molar-refractivity contribution in [3.63, 3.8) is 0 Å². The summed E-state index contributed by atoms with van der Waals surface area (Å²) in [6, 6.07) is 25.9. The Hall–Kier alpha value is -3.21. The van der Waals surface area contributed by atoms with Gasteiger partial charge in [0.2, 0.25) is 0 Å². The van der Waals surface area contributed by atoms with E-state index >= 15 is 0 Å². The predicted octanol–water partition coefficient (Wildman–Crippen LogP) is 6.78. The largest absolute Gasteiger partial charge is 0.497 e. The Balaban J connectivity index is 1.83. The molecule has 0 bridgehead atoms. The molecule has 0 aliphatic rings. The molecule has 0 amide bonds. The number of hydrogen-bond acceptors (Lipinski definition) is 2. The fraction of sp³-hybridized carbons (Fsp3) is 0.231. The molecule has 0 saturated carbocycles. The summed E-state index contributed by atoms with van der Waals surface area (Å²) in [6.07, 6.45) is -2.31.